The van der Waals surface area contributed by atoms with Crippen LogP contribution < -0.4 is 10.1 Å². The standard InChI is InChI=1S/C14H22N2O4S/c1-11(2)15-14(17)10-20-13-7-5-12(6-8-13)9-16(3)21(4,18)19/h5-8,11H,9-10H2,1-4H3,(H,15,17). The molecular weight excluding hydrogens is 292 g/mol. The summed E-state index contributed by atoms with van der Waals surface area (Å²) in [4.78, 5) is 11.4. The van der Waals surface area contributed by atoms with Gasteiger partial charge in [0.05, 0.1) is 6.26 Å². The third-order valence-electron chi connectivity index (χ3n) is 2.71. The van der Waals surface area contributed by atoms with E-state index in [2.05, 4.69) is 5.32 Å². The summed E-state index contributed by atoms with van der Waals surface area (Å²) in [5, 5.41) is 2.73. The van der Waals surface area contributed by atoms with Crippen LogP contribution in [0, 0.1) is 0 Å². The second-order valence-electron chi connectivity index (χ2n) is 5.17. The van der Waals surface area contributed by atoms with Crippen LogP contribution in [-0.4, -0.2) is 44.6 Å². The normalized spacial score (nSPS) is 11.7. The summed E-state index contributed by atoms with van der Waals surface area (Å²) in [6, 6.07) is 7.06. The highest BCUT2D eigenvalue weighted by Gasteiger charge is 2.11. The molecule has 0 aromatic heterocycles. The molecule has 0 saturated carbocycles. The Bertz CT molecular complexity index is 567. The van der Waals surface area contributed by atoms with Gasteiger partial charge in [-0.1, -0.05) is 12.1 Å². The molecule has 1 amide bonds. The second-order valence-corrected chi connectivity index (χ2v) is 7.26. The summed E-state index contributed by atoms with van der Waals surface area (Å²) < 4.78 is 29.3. The van der Waals surface area contributed by atoms with E-state index < -0.39 is 10.0 Å². The molecule has 1 N–H and O–H groups in total. The summed E-state index contributed by atoms with van der Waals surface area (Å²) in [5.41, 5.74) is 0.849. The van der Waals surface area contributed by atoms with Crippen molar-refractivity contribution in [2.24, 2.45) is 0 Å². The molecule has 7 heteroatoms. The van der Waals surface area contributed by atoms with Gasteiger partial charge in [0, 0.05) is 19.6 Å². The lowest BCUT2D eigenvalue weighted by molar-refractivity contribution is -0.123. The van der Waals surface area contributed by atoms with Crippen LogP contribution in [0.3, 0.4) is 0 Å². The number of rotatable bonds is 7. The second kappa shape index (κ2) is 7.42. The Morgan fingerprint density at radius 2 is 1.86 bits per heavy atom. The smallest absolute Gasteiger partial charge is 0.258 e. The Morgan fingerprint density at radius 3 is 2.33 bits per heavy atom. The molecular formula is C14H22N2O4S. The van der Waals surface area contributed by atoms with Crippen molar-refractivity contribution in [3.8, 4) is 5.75 Å². The Hall–Kier alpha value is -1.60. The van der Waals surface area contributed by atoms with Crippen molar-refractivity contribution in [1.82, 2.24) is 9.62 Å². The van der Waals surface area contributed by atoms with Crippen molar-refractivity contribution < 1.29 is 17.9 Å². The van der Waals surface area contributed by atoms with Crippen LogP contribution in [0.25, 0.3) is 0 Å². The number of carbonyl (C=O) groups excluding carboxylic acids is 1. The van der Waals surface area contributed by atoms with Gasteiger partial charge in [-0.2, -0.15) is 0 Å². The Labute approximate surface area is 126 Å². The molecule has 6 nitrogen and oxygen atoms in total. The van der Waals surface area contributed by atoms with Gasteiger partial charge in [-0.3, -0.25) is 4.79 Å². The highest BCUT2D eigenvalue weighted by atomic mass is 32.2. The van der Waals surface area contributed by atoms with Crippen molar-refractivity contribution in [2.45, 2.75) is 26.4 Å². The number of nitrogens with zero attached hydrogens (tertiary/aromatic N) is 1. The van der Waals surface area contributed by atoms with Gasteiger partial charge in [-0.25, -0.2) is 12.7 Å². The van der Waals surface area contributed by atoms with Gasteiger partial charge in [0.15, 0.2) is 6.61 Å². The third kappa shape index (κ3) is 6.59. The van der Waals surface area contributed by atoms with E-state index in [4.69, 9.17) is 4.74 Å². The summed E-state index contributed by atoms with van der Waals surface area (Å²) in [5.74, 6) is 0.394. The minimum absolute atomic E-state index is 0.0409. The molecule has 0 aliphatic heterocycles. The van der Waals surface area contributed by atoms with E-state index in [9.17, 15) is 13.2 Å². The Morgan fingerprint density at radius 1 is 1.29 bits per heavy atom. The largest absolute Gasteiger partial charge is 0.484 e. The van der Waals surface area contributed by atoms with Crippen LogP contribution >= 0.6 is 0 Å². The molecule has 1 aromatic carbocycles. The predicted octanol–water partition coefficient (Wildman–Crippen LogP) is 0.981. The fourth-order valence-electron chi connectivity index (χ4n) is 1.58. The minimum Gasteiger partial charge on any atom is -0.484 e. The summed E-state index contributed by atoms with van der Waals surface area (Å²) >= 11 is 0. The zero-order chi connectivity index (χ0) is 16.0. The van der Waals surface area contributed by atoms with Gasteiger partial charge in [-0.05, 0) is 31.5 Å². The Balaban J connectivity index is 2.53. The van der Waals surface area contributed by atoms with Crippen LogP contribution in [0.2, 0.25) is 0 Å². The van der Waals surface area contributed by atoms with Crippen LogP contribution in [0.5, 0.6) is 5.75 Å². The number of nitrogens with one attached hydrogen (secondary N) is 1. The van der Waals surface area contributed by atoms with Gasteiger partial charge in [0.25, 0.3) is 5.91 Å². The summed E-state index contributed by atoms with van der Waals surface area (Å²) in [6.45, 7) is 4.02. The number of hydrogen-bond acceptors (Lipinski definition) is 4. The molecule has 0 bridgehead atoms. The molecule has 0 heterocycles. The average Bonchev–Trinajstić information content (AvgIpc) is 2.36. The number of carbonyl (C=O) groups is 1. The maximum Gasteiger partial charge on any atom is 0.258 e. The molecule has 0 atom stereocenters. The molecule has 0 fully saturated rings. The number of ether oxygens (including phenoxy) is 1. The average molecular weight is 314 g/mol. The van der Waals surface area contributed by atoms with Crippen molar-refractivity contribution in [3.05, 3.63) is 29.8 Å². The van der Waals surface area contributed by atoms with Crippen LogP contribution in [0.15, 0.2) is 24.3 Å². The first-order chi connectivity index (χ1) is 9.68. The number of sulfonamides is 1. The Kier molecular flexibility index (Phi) is 6.17. The SMILES string of the molecule is CC(C)NC(=O)COc1ccc(CN(C)S(C)(=O)=O)cc1. The fraction of sp³-hybridized carbons (Fsp3) is 0.500. The van der Waals surface area contributed by atoms with Gasteiger partial charge in [0.1, 0.15) is 5.75 Å². The van der Waals surface area contributed by atoms with Gasteiger partial charge < -0.3 is 10.1 Å². The number of hydrogen-bond donors (Lipinski definition) is 1. The van der Waals surface area contributed by atoms with E-state index in [1.54, 1.807) is 24.3 Å². The zero-order valence-corrected chi connectivity index (χ0v) is 13.6. The molecule has 1 aromatic rings. The molecule has 0 aliphatic carbocycles. The van der Waals surface area contributed by atoms with Crippen LogP contribution in [-0.2, 0) is 21.4 Å². The minimum atomic E-state index is -3.20. The topological polar surface area (TPSA) is 75.7 Å². The van der Waals surface area contributed by atoms with Crippen molar-refractivity contribution in [2.75, 3.05) is 19.9 Å². The van der Waals surface area contributed by atoms with E-state index in [1.165, 1.54) is 11.4 Å². The van der Waals surface area contributed by atoms with E-state index in [0.717, 1.165) is 11.8 Å². The molecule has 118 valence electrons. The number of benzene rings is 1. The van der Waals surface area contributed by atoms with Gasteiger partial charge in [-0.15, -0.1) is 0 Å². The third-order valence-corrected chi connectivity index (χ3v) is 3.98. The molecule has 0 aliphatic rings. The summed E-state index contributed by atoms with van der Waals surface area (Å²) in [6.07, 6.45) is 1.16. The highest BCUT2D eigenvalue weighted by Crippen LogP contribution is 2.14. The predicted molar refractivity (Wildman–Crippen MR) is 81.5 cm³/mol. The van der Waals surface area contributed by atoms with Crippen molar-refractivity contribution in [1.29, 1.82) is 0 Å². The quantitative estimate of drug-likeness (QED) is 0.814. The number of amides is 1. The van der Waals surface area contributed by atoms with Crippen LogP contribution in [0.1, 0.15) is 19.4 Å². The molecule has 0 spiro atoms. The van der Waals surface area contributed by atoms with Crippen molar-refractivity contribution in [3.63, 3.8) is 0 Å². The highest BCUT2D eigenvalue weighted by molar-refractivity contribution is 7.88. The first-order valence-corrected chi connectivity index (χ1v) is 8.45. The lowest BCUT2D eigenvalue weighted by Gasteiger charge is -2.14. The van der Waals surface area contributed by atoms with E-state index >= 15 is 0 Å². The monoisotopic (exact) mass is 314 g/mol. The molecule has 0 unspecified atom stereocenters. The van der Waals surface area contributed by atoms with E-state index in [0.29, 0.717) is 12.3 Å². The van der Waals surface area contributed by atoms with Gasteiger partial charge >= 0.3 is 0 Å². The molecule has 21 heavy (non-hydrogen) atoms. The maximum atomic E-state index is 11.4. The lowest BCUT2D eigenvalue weighted by Crippen LogP contribution is -2.34. The van der Waals surface area contributed by atoms with E-state index in [1.807, 2.05) is 13.8 Å². The van der Waals surface area contributed by atoms with E-state index in [-0.39, 0.29) is 18.6 Å². The zero-order valence-electron chi connectivity index (χ0n) is 12.8. The fourth-order valence-corrected chi connectivity index (χ4v) is 1.96. The van der Waals surface area contributed by atoms with Crippen LogP contribution in [0.4, 0.5) is 0 Å². The maximum absolute atomic E-state index is 11.4. The lowest BCUT2D eigenvalue weighted by atomic mass is 10.2. The first-order valence-electron chi connectivity index (χ1n) is 6.61. The molecule has 0 radical (unpaired) electrons. The molecule has 0 saturated heterocycles. The van der Waals surface area contributed by atoms with Crippen molar-refractivity contribution >= 4 is 15.9 Å². The first kappa shape index (κ1) is 17.5. The summed E-state index contributed by atoms with van der Waals surface area (Å²) in [7, 11) is -1.67. The molecule has 1 rings (SSSR count). The van der Waals surface area contributed by atoms with Gasteiger partial charge in [0.2, 0.25) is 10.0 Å².